The minimum atomic E-state index is 0.0781. The van der Waals surface area contributed by atoms with Crippen molar-refractivity contribution in [3.8, 4) is 0 Å². The molecule has 0 aliphatic rings. The van der Waals surface area contributed by atoms with Gasteiger partial charge in [-0.15, -0.1) is 11.3 Å². The van der Waals surface area contributed by atoms with Crippen LogP contribution >= 0.6 is 49.9 Å². The largest absolute Gasteiger partial charge is 0.271 e. The fourth-order valence-electron chi connectivity index (χ4n) is 1.84. The number of hydrogen-bond donors (Lipinski definition) is 2. The third kappa shape index (κ3) is 3.75. The quantitative estimate of drug-likeness (QED) is 0.421. The molecule has 2 aromatic rings. The minimum absolute atomic E-state index is 0.0781. The van der Waals surface area contributed by atoms with Crippen molar-refractivity contribution in [3.05, 3.63) is 47.4 Å². The predicted octanol–water partition coefficient (Wildman–Crippen LogP) is 3.87. The van der Waals surface area contributed by atoms with Crippen LogP contribution in [0.1, 0.15) is 27.2 Å². The summed E-state index contributed by atoms with van der Waals surface area (Å²) in [6.45, 7) is 4.15. The van der Waals surface area contributed by atoms with Gasteiger partial charge in [0.05, 0.1) is 16.7 Å². The molecule has 6 heteroatoms. The highest BCUT2D eigenvalue weighted by Gasteiger charge is 2.16. The fourth-order valence-corrected chi connectivity index (χ4v) is 3.91. The van der Waals surface area contributed by atoms with Crippen molar-refractivity contribution in [2.24, 2.45) is 5.84 Å². The summed E-state index contributed by atoms with van der Waals surface area (Å²) in [4.78, 5) is 5.86. The molecule has 0 spiro atoms. The minimum Gasteiger partial charge on any atom is -0.271 e. The van der Waals surface area contributed by atoms with E-state index in [-0.39, 0.29) is 6.04 Å². The van der Waals surface area contributed by atoms with Gasteiger partial charge in [0.15, 0.2) is 0 Å². The van der Waals surface area contributed by atoms with Crippen LogP contribution in [0.3, 0.4) is 0 Å². The highest BCUT2D eigenvalue weighted by atomic mass is 127. The molecule has 0 bridgehead atoms. The van der Waals surface area contributed by atoms with Gasteiger partial charge in [0.25, 0.3) is 0 Å². The Morgan fingerprint density at radius 1 is 1.47 bits per heavy atom. The summed E-state index contributed by atoms with van der Waals surface area (Å²) in [7, 11) is 0. The lowest BCUT2D eigenvalue weighted by Gasteiger charge is -2.17. The number of hydrogen-bond acceptors (Lipinski definition) is 4. The molecule has 0 saturated heterocycles. The third-order valence-corrected chi connectivity index (χ3v) is 5.56. The Morgan fingerprint density at radius 3 is 2.79 bits per heavy atom. The van der Waals surface area contributed by atoms with E-state index < -0.39 is 0 Å². The standard InChI is InChI=1S/C13H15BrIN3S/c1-7-8(2)19-13(17-7)6-12(18-16)10-5-9(14)3-4-11(10)15/h3-5,12,18H,6,16H2,1-2H3. The van der Waals surface area contributed by atoms with Crippen LogP contribution in [0.25, 0.3) is 0 Å². The molecule has 0 aliphatic carbocycles. The van der Waals surface area contributed by atoms with Crippen LogP contribution < -0.4 is 11.3 Å². The van der Waals surface area contributed by atoms with Gasteiger partial charge in [-0.1, -0.05) is 15.9 Å². The number of aromatic nitrogens is 1. The van der Waals surface area contributed by atoms with Crippen LogP contribution in [-0.4, -0.2) is 4.98 Å². The van der Waals surface area contributed by atoms with Crippen molar-refractivity contribution >= 4 is 49.9 Å². The second kappa shape index (κ2) is 6.62. The number of rotatable bonds is 4. The monoisotopic (exact) mass is 451 g/mol. The zero-order valence-electron chi connectivity index (χ0n) is 10.7. The lowest BCUT2D eigenvalue weighted by molar-refractivity contribution is 0.548. The molecular formula is C13H15BrIN3S. The maximum Gasteiger partial charge on any atom is 0.0950 e. The van der Waals surface area contributed by atoms with Crippen LogP contribution in [-0.2, 0) is 6.42 Å². The fraction of sp³-hybridized carbons (Fsp3) is 0.308. The normalized spacial score (nSPS) is 12.7. The van der Waals surface area contributed by atoms with E-state index >= 15 is 0 Å². The van der Waals surface area contributed by atoms with E-state index in [1.54, 1.807) is 11.3 Å². The van der Waals surface area contributed by atoms with Gasteiger partial charge in [0.1, 0.15) is 0 Å². The molecule has 2 rings (SSSR count). The molecule has 1 aromatic heterocycles. The zero-order chi connectivity index (χ0) is 14.0. The van der Waals surface area contributed by atoms with Gasteiger partial charge in [0, 0.05) is 19.3 Å². The van der Waals surface area contributed by atoms with E-state index in [0.717, 1.165) is 21.6 Å². The lowest BCUT2D eigenvalue weighted by Crippen LogP contribution is -2.30. The highest BCUT2D eigenvalue weighted by molar-refractivity contribution is 14.1. The van der Waals surface area contributed by atoms with Gasteiger partial charge < -0.3 is 0 Å². The van der Waals surface area contributed by atoms with Crippen LogP contribution in [0.2, 0.25) is 0 Å². The maximum atomic E-state index is 5.72. The topological polar surface area (TPSA) is 50.9 Å². The summed E-state index contributed by atoms with van der Waals surface area (Å²) in [5, 5.41) is 1.12. The molecule has 0 amide bonds. The molecule has 3 nitrogen and oxygen atoms in total. The SMILES string of the molecule is Cc1nc(CC(NN)c2cc(Br)ccc2I)sc1C. The van der Waals surface area contributed by atoms with Gasteiger partial charge in [-0.2, -0.15) is 0 Å². The van der Waals surface area contributed by atoms with E-state index in [2.05, 4.69) is 68.0 Å². The Morgan fingerprint density at radius 2 is 2.21 bits per heavy atom. The molecule has 102 valence electrons. The first-order valence-corrected chi connectivity index (χ1v) is 8.54. The Kier molecular flexibility index (Phi) is 5.36. The van der Waals surface area contributed by atoms with Crippen LogP contribution in [0, 0.1) is 17.4 Å². The van der Waals surface area contributed by atoms with Crippen LogP contribution in [0.5, 0.6) is 0 Å². The Labute approximate surface area is 139 Å². The molecule has 1 unspecified atom stereocenters. The van der Waals surface area contributed by atoms with E-state index in [4.69, 9.17) is 5.84 Å². The summed E-state index contributed by atoms with van der Waals surface area (Å²) in [6, 6.07) is 6.31. The summed E-state index contributed by atoms with van der Waals surface area (Å²) >= 11 is 7.59. The van der Waals surface area contributed by atoms with E-state index in [9.17, 15) is 0 Å². The first kappa shape index (κ1) is 15.4. The highest BCUT2D eigenvalue weighted by Crippen LogP contribution is 2.28. The van der Waals surface area contributed by atoms with Crippen LogP contribution in [0.15, 0.2) is 22.7 Å². The molecule has 19 heavy (non-hydrogen) atoms. The summed E-state index contributed by atoms with van der Waals surface area (Å²) in [6.07, 6.45) is 0.808. The molecule has 0 radical (unpaired) electrons. The second-order valence-corrected chi connectivity index (χ2v) is 7.70. The molecule has 0 fully saturated rings. The van der Waals surface area contributed by atoms with Gasteiger partial charge in [-0.3, -0.25) is 11.3 Å². The maximum absolute atomic E-state index is 5.72. The number of hydrazine groups is 1. The zero-order valence-corrected chi connectivity index (χ0v) is 15.3. The van der Waals surface area contributed by atoms with Crippen molar-refractivity contribution in [1.29, 1.82) is 0 Å². The predicted molar refractivity (Wildman–Crippen MR) is 92.2 cm³/mol. The van der Waals surface area contributed by atoms with Crippen molar-refractivity contribution in [1.82, 2.24) is 10.4 Å². The number of nitrogens with two attached hydrogens (primary N) is 1. The average Bonchev–Trinajstić information content (AvgIpc) is 2.69. The number of benzene rings is 1. The molecule has 1 aromatic carbocycles. The van der Waals surface area contributed by atoms with E-state index in [1.165, 1.54) is 14.0 Å². The van der Waals surface area contributed by atoms with Crippen molar-refractivity contribution in [2.75, 3.05) is 0 Å². The Hall–Kier alpha value is -0.0200. The van der Waals surface area contributed by atoms with Crippen molar-refractivity contribution < 1.29 is 0 Å². The summed E-state index contributed by atoms with van der Waals surface area (Å²) in [5.74, 6) is 5.72. The number of thiazole rings is 1. The first-order chi connectivity index (χ1) is 9.01. The van der Waals surface area contributed by atoms with Gasteiger partial charge in [-0.05, 0) is 60.2 Å². The smallest absolute Gasteiger partial charge is 0.0950 e. The van der Waals surface area contributed by atoms with Gasteiger partial charge in [-0.25, -0.2) is 4.98 Å². The molecule has 1 heterocycles. The average molecular weight is 452 g/mol. The third-order valence-electron chi connectivity index (χ3n) is 2.99. The first-order valence-electron chi connectivity index (χ1n) is 5.85. The summed E-state index contributed by atoms with van der Waals surface area (Å²) < 4.78 is 2.27. The Balaban J connectivity index is 2.27. The van der Waals surface area contributed by atoms with Crippen molar-refractivity contribution in [3.63, 3.8) is 0 Å². The lowest BCUT2D eigenvalue weighted by atomic mass is 10.1. The van der Waals surface area contributed by atoms with E-state index in [0.29, 0.717) is 0 Å². The Bertz CT molecular complexity index is 566. The number of nitrogens with one attached hydrogen (secondary N) is 1. The number of aryl methyl sites for hydroxylation is 2. The summed E-state index contributed by atoms with van der Waals surface area (Å²) in [5.41, 5.74) is 5.21. The molecule has 1 atom stereocenters. The molecular weight excluding hydrogens is 437 g/mol. The number of nitrogens with zero attached hydrogens (tertiary/aromatic N) is 1. The molecule has 0 aliphatic heterocycles. The second-order valence-electron chi connectivity index (χ2n) is 4.34. The number of halogens is 2. The van der Waals surface area contributed by atoms with Gasteiger partial charge >= 0.3 is 0 Å². The van der Waals surface area contributed by atoms with E-state index in [1.807, 2.05) is 13.0 Å². The van der Waals surface area contributed by atoms with Gasteiger partial charge in [0.2, 0.25) is 0 Å². The van der Waals surface area contributed by atoms with Crippen LogP contribution in [0.4, 0.5) is 0 Å². The van der Waals surface area contributed by atoms with Crippen molar-refractivity contribution in [2.45, 2.75) is 26.3 Å². The molecule has 3 N–H and O–H groups in total. The molecule has 0 saturated carbocycles.